The van der Waals surface area contributed by atoms with Crippen LogP contribution in [0.5, 0.6) is 0 Å². The van der Waals surface area contributed by atoms with Crippen molar-refractivity contribution in [3.63, 3.8) is 0 Å². The van der Waals surface area contributed by atoms with Crippen molar-refractivity contribution in [3.05, 3.63) is 95.8 Å². The number of rotatable bonds is 4. The second-order valence-corrected chi connectivity index (χ2v) is 7.57. The van der Waals surface area contributed by atoms with E-state index in [0.717, 1.165) is 30.5 Å². The summed E-state index contributed by atoms with van der Waals surface area (Å²) in [7, 11) is 0. The lowest BCUT2D eigenvalue weighted by Crippen LogP contribution is -2.28. The summed E-state index contributed by atoms with van der Waals surface area (Å²) in [4.78, 5) is 19.5. The Bertz CT molecular complexity index is 1140. The molecule has 1 unspecified atom stereocenters. The molecule has 0 N–H and O–H groups in total. The lowest BCUT2D eigenvalue weighted by Gasteiger charge is -2.16. The molecule has 0 aliphatic carbocycles. The van der Waals surface area contributed by atoms with Crippen LogP contribution in [0.1, 0.15) is 33.8 Å². The molecule has 2 aromatic heterocycles. The number of hydrogen-bond donors (Lipinski definition) is 0. The Morgan fingerprint density at radius 3 is 2.55 bits per heavy atom. The van der Waals surface area contributed by atoms with E-state index in [4.69, 9.17) is 0 Å². The van der Waals surface area contributed by atoms with E-state index in [1.807, 2.05) is 39.9 Å². The molecule has 29 heavy (non-hydrogen) atoms. The van der Waals surface area contributed by atoms with Crippen LogP contribution < -0.4 is 0 Å². The predicted octanol–water partition coefficient (Wildman–Crippen LogP) is 4.11. The third-order valence-electron chi connectivity index (χ3n) is 5.64. The van der Waals surface area contributed by atoms with Crippen LogP contribution in [0, 0.1) is 0 Å². The van der Waals surface area contributed by atoms with Gasteiger partial charge in [-0.2, -0.15) is 5.10 Å². The predicted molar refractivity (Wildman–Crippen MR) is 113 cm³/mol. The normalized spacial score (nSPS) is 16.4. The molecule has 1 saturated heterocycles. The molecule has 0 bridgehead atoms. The van der Waals surface area contributed by atoms with Crippen molar-refractivity contribution in [1.82, 2.24) is 19.7 Å². The van der Waals surface area contributed by atoms with Gasteiger partial charge in [0.2, 0.25) is 0 Å². The molecule has 5 rings (SSSR count). The zero-order valence-electron chi connectivity index (χ0n) is 16.1. The Balaban J connectivity index is 1.34. The van der Waals surface area contributed by atoms with Crippen molar-refractivity contribution in [2.24, 2.45) is 0 Å². The molecule has 5 heteroatoms. The molecule has 4 aromatic rings. The Kier molecular flexibility index (Phi) is 4.56. The maximum absolute atomic E-state index is 13.0. The Labute approximate surface area is 169 Å². The van der Waals surface area contributed by atoms with Gasteiger partial charge in [-0.1, -0.05) is 60.7 Å². The Hall–Kier alpha value is -3.47. The first-order chi connectivity index (χ1) is 14.3. The smallest absolute Gasteiger partial charge is 0.255 e. The number of benzene rings is 2. The first kappa shape index (κ1) is 17.6. The number of pyridine rings is 1. The van der Waals surface area contributed by atoms with Crippen molar-refractivity contribution in [2.75, 3.05) is 13.1 Å². The zero-order chi connectivity index (χ0) is 19.6. The summed E-state index contributed by atoms with van der Waals surface area (Å²) in [6.45, 7) is 2.20. The standard InChI is InChI=1S/C24H22N4O/c29-24(27-12-11-20(17-27)19-9-5-2-6-10-19)22-13-21-15-26-28(23(21)25-14-22)16-18-7-3-1-4-8-18/h1-10,13-15,20H,11-12,16-17H2. The summed E-state index contributed by atoms with van der Waals surface area (Å²) in [5.74, 6) is 0.458. The largest absolute Gasteiger partial charge is 0.338 e. The topological polar surface area (TPSA) is 51.0 Å². The van der Waals surface area contributed by atoms with Crippen molar-refractivity contribution >= 4 is 16.9 Å². The highest BCUT2D eigenvalue weighted by Gasteiger charge is 2.28. The van der Waals surface area contributed by atoms with Crippen LogP contribution in [0.15, 0.2) is 79.1 Å². The molecule has 1 atom stereocenters. The average Bonchev–Trinajstić information content (AvgIpc) is 3.42. The van der Waals surface area contributed by atoms with Crippen LogP contribution in [0.2, 0.25) is 0 Å². The number of fused-ring (bicyclic) bond motifs is 1. The highest BCUT2D eigenvalue weighted by molar-refractivity contribution is 5.97. The van der Waals surface area contributed by atoms with Gasteiger partial charge in [-0.15, -0.1) is 0 Å². The quantitative estimate of drug-likeness (QED) is 0.534. The number of hydrogen-bond acceptors (Lipinski definition) is 3. The SMILES string of the molecule is O=C(c1cnc2c(cnn2Cc2ccccc2)c1)N1CCC(c2ccccc2)C1. The second-order valence-electron chi connectivity index (χ2n) is 7.57. The summed E-state index contributed by atoms with van der Waals surface area (Å²) >= 11 is 0. The van der Waals surface area contributed by atoms with Crippen LogP contribution in [-0.4, -0.2) is 38.7 Å². The van der Waals surface area contributed by atoms with Crippen molar-refractivity contribution < 1.29 is 4.79 Å². The fourth-order valence-electron chi connectivity index (χ4n) is 4.09. The number of carbonyl (C=O) groups is 1. The van der Waals surface area contributed by atoms with Gasteiger partial charge in [0.05, 0.1) is 18.3 Å². The number of aromatic nitrogens is 3. The van der Waals surface area contributed by atoms with Crippen LogP contribution in [-0.2, 0) is 6.54 Å². The first-order valence-electron chi connectivity index (χ1n) is 9.97. The van der Waals surface area contributed by atoms with Gasteiger partial charge in [0.1, 0.15) is 0 Å². The molecular formula is C24H22N4O. The van der Waals surface area contributed by atoms with Gasteiger partial charge >= 0.3 is 0 Å². The number of carbonyl (C=O) groups excluding carboxylic acids is 1. The summed E-state index contributed by atoms with van der Waals surface area (Å²) in [5, 5.41) is 5.36. The molecule has 0 radical (unpaired) electrons. The van der Waals surface area contributed by atoms with Gasteiger partial charge in [-0.05, 0) is 23.6 Å². The van der Waals surface area contributed by atoms with E-state index in [-0.39, 0.29) is 5.91 Å². The fraction of sp³-hybridized carbons (Fsp3) is 0.208. The summed E-state index contributed by atoms with van der Waals surface area (Å²) in [5.41, 5.74) is 3.90. The molecular weight excluding hydrogens is 360 g/mol. The number of likely N-dealkylation sites (tertiary alicyclic amines) is 1. The third-order valence-corrected chi connectivity index (χ3v) is 5.64. The monoisotopic (exact) mass is 382 g/mol. The second kappa shape index (κ2) is 7.51. The van der Waals surface area contributed by atoms with Gasteiger partial charge in [0, 0.05) is 30.6 Å². The van der Waals surface area contributed by atoms with E-state index in [1.54, 1.807) is 12.4 Å². The van der Waals surface area contributed by atoms with E-state index >= 15 is 0 Å². The Morgan fingerprint density at radius 1 is 1.00 bits per heavy atom. The molecule has 1 fully saturated rings. The third kappa shape index (κ3) is 3.51. The van der Waals surface area contributed by atoms with Gasteiger partial charge in [-0.25, -0.2) is 9.67 Å². The summed E-state index contributed by atoms with van der Waals surface area (Å²) < 4.78 is 1.88. The highest BCUT2D eigenvalue weighted by atomic mass is 16.2. The lowest BCUT2D eigenvalue weighted by atomic mass is 9.99. The molecule has 5 nitrogen and oxygen atoms in total. The van der Waals surface area contributed by atoms with Gasteiger partial charge < -0.3 is 4.90 Å². The molecule has 1 aliphatic rings. The summed E-state index contributed by atoms with van der Waals surface area (Å²) in [6, 6.07) is 22.5. The van der Waals surface area contributed by atoms with Crippen LogP contribution in [0.3, 0.4) is 0 Å². The van der Waals surface area contributed by atoms with Crippen LogP contribution in [0.25, 0.3) is 11.0 Å². The minimum absolute atomic E-state index is 0.0497. The number of amides is 1. The summed E-state index contributed by atoms with van der Waals surface area (Å²) in [6.07, 6.45) is 4.48. The highest BCUT2D eigenvalue weighted by Crippen LogP contribution is 2.28. The molecule has 1 aliphatic heterocycles. The van der Waals surface area contributed by atoms with Crippen molar-refractivity contribution in [3.8, 4) is 0 Å². The van der Waals surface area contributed by atoms with Gasteiger partial charge in [0.15, 0.2) is 5.65 Å². The molecule has 144 valence electrons. The zero-order valence-corrected chi connectivity index (χ0v) is 16.1. The maximum Gasteiger partial charge on any atom is 0.255 e. The van der Waals surface area contributed by atoms with Crippen molar-refractivity contribution in [1.29, 1.82) is 0 Å². The molecule has 0 saturated carbocycles. The Morgan fingerprint density at radius 2 is 1.76 bits per heavy atom. The van der Waals surface area contributed by atoms with Crippen LogP contribution >= 0.6 is 0 Å². The fourth-order valence-corrected chi connectivity index (χ4v) is 4.09. The molecule has 3 heterocycles. The van der Waals surface area contributed by atoms with E-state index in [2.05, 4.69) is 46.5 Å². The minimum atomic E-state index is 0.0497. The average molecular weight is 382 g/mol. The van der Waals surface area contributed by atoms with Gasteiger partial charge in [0.25, 0.3) is 5.91 Å². The van der Waals surface area contributed by atoms with Crippen molar-refractivity contribution in [2.45, 2.75) is 18.9 Å². The van der Waals surface area contributed by atoms with E-state index in [9.17, 15) is 4.79 Å². The first-order valence-corrected chi connectivity index (χ1v) is 9.97. The maximum atomic E-state index is 13.0. The van der Waals surface area contributed by atoms with E-state index in [0.29, 0.717) is 18.0 Å². The van der Waals surface area contributed by atoms with Crippen LogP contribution in [0.4, 0.5) is 0 Å². The molecule has 2 aromatic carbocycles. The number of nitrogens with zero attached hydrogens (tertiary/aromatic N) is 4. The van der Waals surface area contributed by atoms with E-state index < -0.39 is 0 Å². The minimum Gasteiger partial charge on any atom is -0.338 e. The van der Waals surface area contributed by atoms with Gasteiger partial charge in [-0.3, -0.25) is 4.79 Å². The lowest BCUT2D eigenvalue weighted by molar-refractivity contribution is 0.0790. The van der Waals surface area contributed by atoms with E-state index in [1.165, 1.54) is 11.1 Å². The molecule has 0 spiro atoms. The molecule has 1 amide bonds.